The van der Waals surface area contributed by atoms with Gasteiger partial charge in [-0.2, -0.15) is 12.6 Å². The number of hydrogen-bond acceptors (Lipinski definition) is 3. The number of rotatable bonds is 2. The summed E-state index contributed by atoms with van der Waals surface area (Å²) in [7, 11) is 0. The minimum Gasteiger partial charge on any atom is -0.480 e. The fourth-order valence-electron chi connectivity index (χ4n) is 0.769. The zero-order valence-electron chi connectivity index (χ0n) is 4.82. The van der Waals surface area contributed by atoms with Crippen LogP contribution < -0.4 is 5.73 Å². The van der Waals surface area contributed by atoms with Crippen LogP contribution in [0, 0.1) is 5.92 Å². The fourth-order valence-corrected chi connectivity index (χ4v) is 1.20. The molecule has 52 valence electrons. The smallest absolute Gasteiger partial charge is 0.320 e. The third kappa shape index (κ3) is 1.37. The first-order valence-electron chi connectivity index (χ1n) is 2.79. The Morgan fingerprint density at radius 2 is 2.33 bits per heavy atom. The number of carboxylic acid groups (broad SMARTS) is 1. The summed E-state index contributed by atoms with van der Waals surface area (Å²) in [6.07, 6.45) is 0.844. The molecule has 0 saturated heterocycles. The Labute approximate surface area is 58.6 Å². The van der Waals surface area contributed by atoms with Gasteiger partial charge in [0.1, 0.15) is 6.04 Å². The Hall–Kier alpha value is -0.220. The molecule has 0 bridgehead atoms. The van der Waals surface area contributed by atoms with E-state index in [1.54, 1.807) is 0 Å². The van der Waals surface area contributed by atoms with Crippen molar-refractivity contribution in [1.82, 2.24) is 0 Å². The van der Waals surface area contributed by atoms with Gasteiger partial charge in [0.2, 0.25) is 0 Å². The molecule has 0 spiro atoms. The topological polar surface area (TPSA) is 63.3 Å². The molecule has 1 saturated carbocycles. The van der Waals surface area contributed by atoms with E-state index in [0.29, 0.717) is 0 Å². The van der Waals surface area contributed by atoms with E-state index in [-0.39, 0.29) is 11.2 Å². The number of carboxylic acids is 1. The number of carbonyl (C=O) groups is 1. The maximum absolute atomic E-state index is 10.2. The minimum atomic E-state index is -0.920. The van der Waals surface area contributed by atoms with Crippen molar-refractivity contribution in [2.75, 3.05) is 0 Å². The summed E-state index contributed by atoms with van der Waals surface area (Å²) in [6.45, 7) is 0. The Bertz CT molecular complexity index is 139. The van der Waals surface area contributed by atoms with Gasteiger partial charge < -0.3 is 10.8 Å². The van der Waals surface area contributed by atoms with Gasteiger partial charge in [0, 0.05) is 5.25 Å². The Morgan fingerprint density at radius 1 is 1.89 bits per heavy atom. The van der Waals surface area contributed by atoms with Crippen LogP contribution in [0.2, 0.25) is 0 Å². The molecule has 0 aromatic heterocycles. The van der Waals surface area contributed by atoms with E-state index in [1.807, 2.05) is 0 Å². The van der Waals surface area contributed by atoms with E-state index in [0.717, 1.165) is 6.42 Å². The average molecular weight is 147 g/mol. The van der Waals surface area contributed by atoms with Crippen molar-refractivity contribution in [2.24, 2.45) is 11.7 Å². The molecule has 0 aromatic carbocycles. The Morgan fingerprint density at radius 3 is 2.44 bits per heavy atom. The molecule has 0 amide bonds. The summed E-state index contributed by atoms with van der Waals surface area (Å²) in [5, 5.41) is 8.57. The summed E-state index contributed by atoms with van der Waals surface area (Å²) in [6, 6.07) is -0.701. The Balaban J connectivity index is 2.36. The first-order valence-corrected chi connectivity index (χ1v) is 3.31. The molecule has 0 aliphatic heterocycles. The highest BCUT2D eigenvalue weighted by atomic mass is 32.1. The lowest BCUT2D eigenvalue weighted by Gasteiger charge is -2.01. The van der Waals surface area contributed by atoms with E-state index in [1.165, 1.54) is 0 Å². The summed E-state index contributed by atoms with van der Waals surface area (Å²) < 4.78 is 0. The first-order chi connectivity index (χ1) is 4.13. The molecule has 3 N–H and O–H groups in total. The van der Waals surface area contributed by atoms with Gasteiger partial charge >= 0.3 is 5.97 Å². The lowest BCUT2D eigenvalue weighted by atomic mass is 10.2. The van der Waals surface area contributed by atoms with Gasteiger partial charge in [-0.3, -0.25) is 4.79 Å². The molecule has 0 aromatic rings. The number of hydrogen-bond donors (Lipinski definition) is 3. The second-order valence-electron chi connectivity index (χ2n) is 2.33. The van der Waals surface area contributed by atoms with Gasteiger partial charge in [-0.15, -0.1) is 0 Å². The zero-order valence-corrected chi connectivity index (χ0v) is 5.71. The standard InChI is InChI=1S/C5H9NO2S/c6-4(5(7)8)2-1-3(2)9/h2-4,9H,1,6H2,(H,7,8)/t2-,3-,4-/m1/s1. The third-order valence-corrected chi connectivity index (χ3v) is 2.14. The molecular formula is C5H9NO2S. The zero-order chi connectivity index (χ0) is 7.02. The lowest BCUT2D eigenvalue weighted by Crippen LogP contribution is -2.32. The van der Waals surface area contributed by atoms with Crippen LogP contribution in [0.4, 0.5) is 0 Å². The molecule has 1 aliphatic carbocycles. The quantitative estimate of drug-likeness (QED) is 0.470. The van der Waals surface area contributed by atoms with Gasteiger partial charge in [0.25, 0.3) is 0 Å². The van der Waals surface area contributed by atoms with Gasteiger partial charge in [-0.1, -0.05) is 0 Å². The largest absolute Gasteiger partial charge is 0.480 e. The highest BCUT2D eigenvalue weighted by molar-refractivity contribution is 7.81. The molecule has 0 unspecified atom stereocenters. The van der Waals surface area contributed by atoms with Crippen molar-refractivity contribution < 1.29 is 9.90 Å². The van der Waals surface area contributed by atoms with Crippen LogP contribution in [0.5, 0.6) is 0 Å². The number of thiol groups is 1. The van der Waals surface area contributed by atoms with Gasteiger partial charge in [-0.05, 0) is 12.3 Å². The molecule has 3 atom stereocenters. The van der Waals surface area contributed by atoms with Crippen LogP contribution in [0.1, 0.15) is 6.42 Å². The predicted octanol–water partition coefficient (Wildman–Crippen LogP) is -0.283. The summed E-state index contributed by atoms with van der Waals surface area (Å²) in [5.41, 5.74) is 5.26. The van der Waals surface area contributed by atoms with Gasteiger partial charge in [0.15, 0.2) is 0 Å². The highest BCUT2D eigenvalue weighted by Gasteiger charge is 2.41. The molecular weight excluding hydrogens is 138 g/mol. The van der Waals surface area contributed by atoms with Gasteiger partial charge in [-0.25, -0.2) is 0 Å². The lowest BCUT2D eigenvalue weighted by molar-refractivity contribution is -0.139. The van der Waals surface area contributed by atoms with Crippen LogP contribution in [0.25, 0.3) is 0 Å². The molecule has 0 heterocycles. The van der Waals surface area contributed by atoms with Crippen molar-refractivity contribution in [3.05, 3.63) is 0 Å². The molecule has 0 radical (unpaired) electrons. The molecule has 1 aliphatic rings. The summed E-state index contributed by atoms with van der Waals surface area (Å²) in [5.74, 6) is -0.817. The Kier molecular flexibility index (Phi) is 1.68. The maximum Gasteiger partial charge on any atom is 0.320 e. The number of aliphatic carboxylic acids is 1. The molecule has 4 heteroatoms. The van der Waals surface area contributed by atoms with E-state index < -0.39 is 12.0 Å². The first kappa shape index (κ1) is 6.89. The molecule has 9 heavy (non-hydrogen) atoms. The summed E-state index contributed by atoms with van der Waals surface area (Å²) in [4.78, 5) is 10.2. The molecule has 3 nitrogen and oxygen atoms in total. The van der Waals surface area contributed by atoms with Crippen molar-refractivity contribution in [2.45, 2.75) is 17.7 Å². The van der Waals surface area contributed by atoms with Crippen molar-refractivity contribution in [1.29, 1.82) is 0 Å². The number of nitrogens with two attached hydrogens (primary N) is 1. The average Bonchev–Trinajstić information content (AvgIpc) is 2.44. The predicted molar refractivity (Wildman–Crippen MR) is 36.5 cm³/mol. The maximum atomic E-state index is 10.2. The van der Waals surface area contributed by atoms with Crippen LogP contribution in [0.15, 0.2) is 0 Å². The highest BCUT2D eigenvalue weighted by Crippen LogP contribution is 2.37. The van der Waals surface area contributed by atoms with Gasteiger partial charge in [0.05, 0.1) is 0 Å². The van der Waals surface area contributed by atoms with E-state index in [9.17, 15) is 4.79 Å². The minimum absolute atomic E-state index is 0.103. The second kappa shape index (κ2) is 2.19. The van der Waals surface area contributed by atoms with Crippen LogP contribution in [-0.4, -0.2) is 22.4 Å². The summed E-state index contributed by atoms with van der Waals surface area (Å²) >= 11 is 4.06. The van der Waals surface area contributed by atoms with Crippen LogP contribution >= 0.6 is 12.6 Å². The fraction of sp³-hybridized carbons (Fsp3) is 0.800. The van der Waals surface area contributed by atoms with E-state index in [4.69, 9.17) is 10.8 Å². The van der Waals surface area contributed by atoms with Crippen molar-refractivity contribution in [3.63, 3.8) is 0 Å². The second-order valence-corrected chi connectivity index (χ2v) is 2.99. The van der Waals surface area contributed by atoms with E-state index >= 15 is 0 Å². The normalized spacial score (nSPS) is 35.8. The molecule has 1 rings (SSSR count). The molecule has 1 fully saturated rings. The van der Waals surface area contributed by atoms with E-state index in [2.05, 4.69) is 12.6 Å². The monoisotopic (exact) mass is 147 g/mol. The van der Waals surface area contributed by atoms with Crippen LogP contribution in [0.3, 0.4) is 0 Å². The SMILES string of the molecule is N[C@@H](C(=O)O)[C@@H]1C[C@H]1S. The third-order valence-electron chi connectivity index (χ3n) is 1.55. The van der Waals surface area contributed by atoms with Crippen molar-refractivity contribution in [3.8, 4) is 0 Å². The van der Waals surface area contributed by atoms with Crippen molar-refractivity contribution >= 4 is 18.6 Å². The van der Waals surface area contributed by atoms with Crippen LogP contribution in [-0.2, 0) is 4.79 Å².